The first-order valence-electron chi connectivity index (χ1n) is 9.36. The molecule has 0 bridgehead atoms. The Labute approximate surface area is 182 Å². The fourth-order valence-electron chi connectivity index (χ4n) is 3.61. The Kier molecular flexibility index (Phi) is 5.33. The van der Waals surface area contributed by atoms with E-state index in [0.717, 1.165) is 0 Å². The molecule has 4 rings (SSSR count). The van der Waals surface area contributed by atoms with Crippen LogP contribution in [0.4, 0.5) is 14.5 Å². The molecule has 1 aliphatic rings. The summed E-state index contributed by atoms with van der Waals surface area (Å²) in [6.45, 7) is 1.52. The highest BCUT2D eigenvalue weighted by Gasteiger charge is 2.47. The van der Waals surface area contributed by atoms with Gasteiger partial charge in [-0.2, -0.15) is 0 Å². The number of benzene rings is 3. The van der Waals surface area contributed by atoms with E-state index in [9.17, 15) is 23.5 Å². The summed E-state index contributed by atoms with van der Waals surface area (Å²) >= 11 is 5.95. The number of rotatable bonds is 3. The van der Waals surface area contributed by atoms with E-state index in [2.05, 4.69) is 0 Å². The van der Waals surface area contributed by atoms with Crippen LogP contribution >= 0.6 is 11.6 Å². The van der Waals surface area contributed by atoms with Gasteiger partial charge >= 0.3 is 0 Å². The van der Waals surface area contributed by atoms with E-state index in [1.807, 2.05) is 0 Å². The molecule has 0 radical (unpaired) electrons. The van der Waals surface area contributed by atoms with Crippen molar-refractivity contribution in [1.29, 1.82) is 0 Å². The molecule has 1 unspecified atom stereocenters. The zero-order chi connectivity index (χ0) is 22.3. The van der Waals surface area contributed by atoms with Crippen LogP contribution in [0.1, 0.15) is 22.7 Å². The monoisotopic (exact) mass is 439 g/mol. The number of hydrogen-bond acceptors (Lipinski definition) is 3. The number of carbonyl (C=O) groups excluding carboxylic acids is 2. The van der Waals surface area contributed by atoms with E-state index < -0.39 is 35.1 Å². The van der Waals surface area contributed by atoms with Gasteiger partial charge < -0.3 is 5.11 Å². The highest BCUT2D eigenvalue weighted by molar-refractivity contribution is 6.51. The lowest BCUT2D eigenvalue weighted by atomic mass is 9.94. The second-order valence-corrected chi connectivity index (χ2v) is 7.60. The average molecular weight is 440 g/mol. The van der Waals surface area contributed by atoms with E-state index in [1.54, 1.807) is 24.3 Å². The minimum absolute atomic E-state index is 0.169. The maximum Gasteiger partial charge on any atom is 0.300 e. The van der Waals surface area contributed by atoms with E-state index in [4.69, 9.17) is 11.6 Å². The Balaban J connectivity index is 1.94. The van der Waals surface area contributed by atoms with Crippen molar-refractivity contribution in [3.63, 3.8) is 0 Å². The van der Waals surface area contributed by atoms with Crippen LogP contribution in [-0.4, -0.2) is 16.8 Å². The van der Waals surface area contributed by atoms with E-state index in [1.165, 1.54) is 54.3 Å². The highest BCUT2D eigenvalue weighted by atomic mass is 35.5. The van der Waals surface area contributed by atoms with Crippen LogP contribution in [-0.2, 0) is 9.59 Å². The summed E-state index contributed by atoms with van der Waals surface area (Å²) in [5, 5.41) is 11.4. The van der Waals surface area contributed by atoms with Gasteiger partial charge in [-0.05, 0) is 72.6 Å². The molecule has 3 aromatic rings. The van der Waals surface area contributed by atoms with Gasteiger partial charge in [0.1, 0.15) is 17.4 Å². The summed E-state index contributed by atoms with van der Waals surface area (Å²) < 4.78 is 27.2. The molecule has 1 N–H and O–H groups in total. The van der Waals surface area contributed by atoms with Crippen molar-refractivity contribution in [2.45, 2.75) is 13.0 Å². The molecule has 0 saturated carbocycles. The van der Waals surface area contributed by atoms with Crippen LogP contribution in [0.5, 0.6) is 0 Å². The summed E-state index contributed by atoms with van der Waals surface area (Å²) in [6.07, 6.45) is 0. The predicted molar refractivity (Wildman–Crippen MR) is 114 cm³/mol. The third-order valence-corrected chi connectivity index (χ3v) is 5.42. The fraction of sp³-hybridized carbons (Fsp3) is 0.0833. The molecule has 31 heavy (non-hydrogen) atoms. The van der Waals surface area contributed by atoms with Gasteiger partial charge in [-0.25, -0.2) is 8.78 Å². The van der Waals surface area contributed by atoms with Crippen molar-refractivity contribution in [2.75, 3.05) is 4.90 Å². The third kappa shape index (κ3) is 3.70. The molecule has 3 aromatic carbocycles. The molecule has 1 atom stereocenters. The van der Waals surface area contributed by atoms with Gasteiger partial charge in [0, 0.05) is 16.3 Å². The summed E-state index contributed by atoms with van der Waals surface area (Å²) in [4.78, 5) is 27.2. The molecule has 0 aliphatic carbocycles. The van der Waals surface area contributed by atoms with Crippen molar-refractivity contribution in [3.05, 3.63) is 106 Å². The van der Waals surface area contributed by atoms with Crippen molar-refractivity contribution < 1.29 is 23.5 Å². The fourth-order valence-corrected chi connectivity index (χ4v) is 3.73. The molecular formula is C24H16ClF2NO3. The molecule has 1 fully saturated rings. The van der Waals surface area contributed by atoms with Gasteiger partial charge in [-0.1, -0.05) is 23.7 Å². The third-order valence-electron chi connectivity index (χ3n) is 5.17. The van der Waals surface area contributed by atoms with Gasteiger partial charge in [0.2, 0.25) is 0 Å². The van der Waals surface area contributed by atoms with Gasteiger partial charge in [-0.3, -0.25) is 14.5 Å². The molecule has 7 heteroatoms. The summed E-state index contributed by atoms with van der Waals surface area (Å²) in [5.41, 5.74) is 1.11. The second kappa shape index (κ2) is 7.96. The lowest BCUT2D eigenvalue weighted by Gasteiger charge is -2.25. The van der Waals surface area contributed by atoms with Gasteiger partial charge in [0.05, 0.1) is 11.6 Å². The Hall–Kier alpha value is -3.51. The zero-order valence-electron chi connectivity index (χ0n) is 16.3. The Morgan fingerprint density at radius 3 is 2.23 bits per heavy atom. The highest BCUT2D eigenvalue weighted by Crippen LogP contribution is 2.42. The minimum atomic E-state index is -1.01. The van der Waals surface area contributed by atoms with E-state index >= 15 is 0 Å². The lowest BCUT2D eigenvalue weighted by molar-refractivity contribution is -0.132. The maximum absolute atomic E-state index is 13.7. The van der Waals surface area contributed by atoms with Crippen molar-refractivity contribution in [3.8, 4) is 0 Å². The number of carbonyl (C=O) groups is 2. The second-order valence-electron chi connectivity index (χ2n) is 7.16. The summed E-state index contributed by atoms with van der Waals surface area (Å²) in [6, 6.07) is 14.5. The SMILES string of the molecule is Cc1cc(/C(O)=C2/C(=O)C(=O)N(c3ccc(Cl)cc3)C2c2ccc(F)cc2)ccc1F. The van der Waals surface area contributed by atoms with Crippen LogP contribution in [0.3, 0.4) is 0 Å². The summed E-state index contributed by atoms with van der Waals surface area (Å²) in [7, 11) is 0. The predicted octanol–water partition coefficient (Wildman–Crippen LogP) is 5.55. The number of nitrogens with zero attached hydrogens (tertiary/aromatic N) is 1. The molecule has 1 amide bonds. The molecule has 0 aromatic heterocycles. The number of hydrogen-bond donors (Lipinski definition) is 1. The maximum atomic E-state index is 13.7. The topological polar surface area (TPSA) is 57.6 Å². The first kappa shape index (κ1) is 20.8. The van der Waals surface area contributed by atoms with Crippen molar-refractivity contribution >= 4 is 34.7 Å². The van der Waals surface area contributed by atoms with Crippen molar-refractivity contribution in [2.24, 2.45) is 0 Å². The van der Waals surface area contributed by atoms with Crippen LogP contribution in [0, 0.1) is 18.6 Å². The van der Waals surface area contributed by atoms with Crippen LogP contribution in [0.15, 0.2) is 72.3 Å². The number of halogens is 3. The Morgan fingerprint density at radius 1 is 0.968 bits per heavy atom. The standard InChI is InChI=1S/C24H16ClF2NO3/c1-13-12-15(4-11-19(13)27)22(29)20-21(14-2-7-17(26)8-3-14)28(24(31)23(20)30)18-9-5-16(25)6-10-18/h2-12,21,29H,1H3/b22-20-. The molecule has 156 valence electrons. The number of amides is 1. The van der Waals surface area contributed by atoms with Crippen LogP contribution < -0.4 is 4.90 Å². The molecule has 4 nitrogen and oxygen atoms in total. The van der Waals surface area contributed by atoms with Gasteiger partial charge in [-0.15, -0.1) is 0 Å². The minimum Gasteiger partial charge on any atom is -0.507 e. The largest absolute Gasteiger partial charge is 0.507 e. The average Bonchev–Trinajstić information content (AvgIpc) is 3.01. The molecule has 1 aliphatic heterocycles. The normalized spacial score (nSPS) is 17.9. The zero-order valence-corrected chi connectivity index (χ0v) is 17.0. The molecular weight excluding hydrogens is 424 g/mol. The Bertz CT molecular complexity index is 1220. The smallest absolute Gasteiger partial charge is 0.300 e. The summed E-state index contributed by atoms with van der Waals surface area (Å²) in [5.74, 6) is -3.14. The van der Waals surface area contributed by atoms with Crippen LogP contribution in [0.2, 0.25) is 5.02 Å². The first-order valence-corrected chi connectivity index (χ1v) is 9.74. The quantitative estimate of drug-likeness (QED) is 0.330. The number of aliphatic hydroxyl groups excluding tert-OH is 1. The number of ketones is 1. The van der Waals surface area contributed by atoms with Gasteiger partial charge in [0.25, 0.3) is 11.7 Å². The van der Waals surface area contributed by atoms with E-state index in [-0.39, 0.29) is 16.7 Å². The van der Waals surface area contributed by atoms with Gasteiger partial charge in [0.15, 0.2) is 0 Å². The Morgan fingerprint density at radius 2 is 1.61 bits per heavy atom. The molecule has 0 spiro atoms. The number of Topliss-reactive ketones (excluding diaryl/α,β-unsaturated/α-hetero) is 1. The van der Waals surface area contributed by atoms with E-state index in [0.29, 0.717) is 16.3 Å². The number of aliphatic hydroxyl groups is 1. The lowest BCUT2D eigenvalue weighted by Crippen LogP contribution is -2.29. The molecule has 1 saturated heterocycles. The number of anilines is 1. The number of aryl methyl sites for hydroxylation is 1. The van der Waals surface area contributed by atoms with Crippen LogP contribution in [0.25, 0.3) is 5.76 Å². The molecule has 1 heterocycles. The first-order chi connectivity index (χ1) is 14.8. The van der Waals surface area contributed by atoms with Crippen molar-refractivity contribution in [1.82, 2.24) is 0 Å².